The van der Waals surface area contributed by atoms with E-state index in [1.54, 1.807) is 0 Å². The molecule has 0 aromatic heterocycles. The predicted octanol–water partition coefficient (Wildman–Crippen LogP) is 1.53. The van der Waals surface area contributed by atoms with Gasteiger partial charge in [0.1, 0.15) is 6.61 Å². The lowest BCUT2D eigenvalue weighted by Crippen LogP contribution is -2.30. The number of rotatable bonds is 1. The second-order valence-electron chi connectivity index (χ2n) is 4.20. The summed E-state index contributed by atoms with van der Waals surface area (Å²) in [7, 11) is 0. The summed E-state index contributed by atoms with van der Waals surface area (Å²) in [5.74, 6) is 0. The molecule has 0 bridgehead atoms. The lowest BCUT2D eigenvalue weighted by Gasteiger charge is -2.20. The monoisotopic (exact) mass is 157 g/mol. The SMILES string of the molecule is CC(C)(C)C[C@H]1COC(=O)N1. The normalized spacial score (nSPS) is 24.6. The third kappa shape index (κ3) is 2.78. The highest BCUT2D eigenvalue weighted by Gasteiger charge is 2.26. The Hall–Kier alpha value is -0.730. The highest BCUT2D eigenvalue weighted by Crippen LogP contribution is 2.22. The number of amides is 1. The van der Waals surface area contributed by atoms with Crippen molar-refractivity contribution < 1.29 is 9.53 Å². The number of cyclic esters (lactones) is 1. The van der Waals surface area contributed by atoms with Gasteiger partial charge in [0.25, 0.3) is 0 Å². The van der Waals surface area contributed by atoms with Crippen molar-refractivity contribution in [3.63, 3.8) is 0 Å². The molecule has 0 spiro atoms. The summed E-state index contributed by atoms with van der Waals surface area (Å²) >= 11 is 0. The lowest BCUT2D eigenvalue weighted by molar-refractivity contribution is 0.175. The molecule has 1 fully saturated rings. The average molecular weight is 157 g/mol. The number of hydrogen-bond acceptors (Lipinski definition) is 2. The van der Waals surface area contributed by atoms with E-state index < -0.39 is 0 Å². The van der Waals surface area contributed by atoms with Crippen LogP contribution in [0, 0.1) is 5.41 Å². The molecule has 3 heteroatoms. The average Bonchev–Trinajstić information content (AvgIpc) is 2.10. The number of carbonyl (C=O) groups is 1. The Bertz CT molecular complexity index is 160. The van der Waals surface area contributed by atoms with Crippen LogP contribution in [-0.4, -0.2) is 18.7 Å². The molecule has 1 heterocycles. The van der Waals surface area contributed by atoms with Crippen LogP contribution in [0.2, 0.25) is 0 Å². The minimum atomic E-state index is -0.278. The molecule has 0 unspecified atom stereocenters. The molecular formula is C8H15NO2. The van der Waals surface area contributed by atoms with Crippen LogP contribution in [0.25, 0.3) is 0 Å². The summed E-state index contributed by atoms with van der Waals surface area (Å²) in [6.45, 7) is 6.97. The minimum absolute atomic E-state index is 0.211. The first-order chi connectivity index (χ1) is 4.97. The molecule has 1 N–H and O–H groups in total. The molecule has 0 saturated carbocycles. The van der Waals surface area contributed by atoms with Crippen molar-refractivity contribution in [2.24, 2.45) is 5.41 Å². The maximum absolute atomic E-state index is 10.6. The summed E-state index contributed by atoms with van der Waals surface area (Å²) in [4.78, 5) is 10.6. The van der Waals surface area contributed by atoms with Gasteiger partial charge >= 0.3 is 6.09 Å². The molecule has 1 saturated heterocycles. The number of nitrogens with one attached hydrogen (secondary N) is 1. The largest absolute Gasteiger partial charge is 0.447 e. The third-order valence-electron chi connectivity index (χ3n) is 1.60. The van der Waals surface area contributed by atoms with Crippen LogP contribution in [0.5, 0.6) is 0 Å². The van der Waals surface area contributed by atoms with Gasteiger partial charge in [0.2, 0.25) is 0 Å². The fourth-order valence-corrected chi connectivity index (χ4v) is 1.28. The van der Waals surface area contributed by atoms with E-state index in [0.717, 1.165) is 6.42 Å². The number of carbonyl (C=O) groups excluding carboxylic acids is 1. The van der Waals surface area contributed by atoms with Gasteiger partial charge in [-0.3, -0.25) is 0 Å². The zero-order valence-corrected chi connectivity index (χ0v) is 7.31. The van der Waals surface area contributed by atoms with Gasteiger partial charge in [0.15, 0.2) is 0 Å². The molecule has 1 aliphatic rings. The van der Waals surface area contributed by atoms with E-state index in [4.69, 9.17) is 4.74 Å². The second-order valence-corrected chi connectivity index (χ2v) is 4.20. The number of hydrogen-bond donors (Lipinski definition) is 1. The maximum atomic E-state index is 10.6. The van der Waals surface area contributed by atoms with Crippen molar-refractivity contribution in [3.05, 3.63) is 0 Å². The number of alkyl carbamates (subject to hydrolysis) is 1. The van der Waals surface area contributed by atoms with Crippen molar-refractivity contribution in [1.82, 2.24) is 5.32 Å². The third-order valence-corrected chi connectivity index (χ3v) is 1.60. The predicted molar refractivity (Wildman–Crippen MR) is 42.3 cm³/mol. The fraction of sp³-hybridized carbons (Fsp3) is 0.875. The van der Waals surface area contributed by atoms with E-state index in [2.05, 4.69) is 26.1 Å². The Kier molecular flexibility index (Phi) is 2.07. The van der Waals surface area contributed by atoms with Crippen molar-refractivity contribution >= 4 is 6.09 Å². The summed E-state index contributed by atoms with van der Waals surface area (Å²) in [5, 5.41) is 2.75. The zero-order valence-electron chi connectivity index (χ0n) is 7.31. The molecule has 0 aromatic carbocycles. The van der Waals surface area contributed by atoms with Crippen molar-refractivity contribution in [2.75, 3.05) is 6.61 Å². The highest BCUT2D eigenvalue weighted by atomic mass is 16.6. The topological polar surface area (TPSA) is 38.3 Å². The first-order valence-corrected chi connectivity index (χ1v) is 3.91. The maximum Gasteiger partial charge on any atom is 0.407 e. The first kappa shape index (κ1) is 8.37. The lowest BCUT2D eigenvalue weighted by atomic mass is 9.88. The fourth-order valence-electron chi connectivity index (χ4n) is 1.28. The van der Waals surface area contributed by atoms with Crippen LogP contribution in [-0.2, 0) is 4.74 Å². The quantitative estimate of drug-likeness (QED) is 0.627. The van der Waals surface area contributed by atoms with E-state index >= 15 is 0 Å². The number of ether oxygens (including phenoxy) is 1. The molecule has 1 amide bonds. The summed E-state index contributed by atoms with van der Waals surface area (Å²) in [5.41, 5.74) is 0.256. The molecule has 11 heavy (non-hydrogen) atoms. The molecule has 0 aliphatic carbocycles. The van der Waals surface area contributed by atoms with Crippen molar-refractivity contribution in [1.29, 1.82) is 0 Å². The molecule has 1 aliphatic heterocycles. The molecule has 1 atom stereocenters. The molecule has 64 valence electrons. The first-order valence-electron chi connectivity index (χ1n) is 3.91. The van der Waals surface area contributed by atoms with Gasteiger partial charge in [0.05, 0.1) is 6.04 Å². The van der Waals surface area contributed by atoms with Crippen LogP contribution in [0.15, 0.2) is 0 Å². The summed E-state index contributed by atoms with van der Waals surface area (Å²) < 4.78 is 4.76. The van der Waals surface area contributed by atoms with Crippen LogP contribution in [0.1, 0.15) is 27.2 Å². The smallest absolute Gasteiger partial charge is 0.407 e. The van der Waals surface area contributed by atoms with E-state index in [1.165, 1.54) is 0 Å². The van der Waals surface area contributed by atoms with Crippen LogP contribution in [0.4, 0.5) is 4.79 Å². The van der Waals surface area contributed by atoms with Crippen molar-refractivity contribution in [2.45, 2.75) is 33.2 Å². The summed E-state index contributed by atoms with van der Waals surface area (Å²) in [6, 6.07) is 0.211. The van der Waals surface area contributed by atoms with Gasteiger partial charge in [-0.05, 0) is 11.8 Å². The Labute approximate surface area is 67.1 Å². The Morgan fingerprint density at radius 1 is 1.64 bits per heavy atom. The van der Waals surface area contributed by atoms with Crippen LogP contribution >= 0.6 is 0 Å². The van der Waals surface area contributed by atoms with E-state index in [9.17, 15) is 4.79 Å². The zero-order chi connectivity index (χ0) is 8.48. The van der Waals surface area contributed by atoms with Gasteiger partial charge in [-0.2, -0.15) is 0 Å². The van der Waals surface area contributed by atoms with Crippen LogP contribution < -0.4 is 5.32 Å². The molecular weight excluding hydrogens is 142 g/mol. The Morgan fingerprint density at radius 3 is 2.64 bits per heavy atom. The van der Waals surface area contributed by atoms with E-state index in [0.29, 0.717) is 6.61 Å². The van der Waals surface area contributed by atoms with Gasteiger partial charge in [-0.15, -0.1) is 0 Å². The van der Waals surface area contributed by atoms with E-state index in [1.807, 2.05) is 0 Å². The van der Waals surface area contributed by atoms with Crippen molar-refractivity contribution in [3.8, 4) is 0 Å². The van der Waals surface area contributed by atoms with Gasteiger partial charge < -0.3 is 10.1 Å². The highest BCUT2D eigenvalue weighted by molar-refractivity contribution is 5.69. The molecule has 3 nitrogen and oxygen atoms in total. The minimum Gasteiger partial charge on any atom is -0.447 e. The summed E-state index contributed by atoms with van der Waals surface area (Å²) in [6.07, 6.45) is 0.693. The van der Waals surface area contributed by atoms with Gasteiger partial charge in [0, 0.05) is 0 Å². The van der Waals surface area contributed by atoms with Crippen LogP contribution in [0.3, 0.4) is 0 Å². The molecule has 0 aromatic rings. The van der Waals surface area contributed by atoms with E-state index in [-0.39, 0.29) is 17.6 Å². The molecule has 0 radical (unpaired) electrons. The Balaban J connectivity index is 2.34. The van der Waals surface area contributed by atoms with Gasteiger partial charge in [-0.25, -0.2) is 4.79 Å². The van der Waals surface area contributed by atoms with Gasteiger partial charge in [-0.1, -0.05) is 20.8 Å². The Morgan fingerprint density at radius 2 is 2.27 bits per heavy atom. The standard InChI is InChI=1S/C8H15NO2/c1-8(2,3)4-6-5-11-7(10)9-6/h6H,4-5H2,1-3H3,(H,9,10)/t6-/m0/s1. The molecule has 1 rings (SSSR count). The second kappa shape index (κ2) is 2.72.